The lowest BCUT2D eigenvalue weighted by Gasteiger charge is -2.04. The van der Waals surface area contributed by atoms with Gasteiger partial charge in [0.15, 0.2) is 0 Å². The van der Waals surface area contributed by atoms with Crippen molar-refractivity contribution in [3.8, 4) is 0 Å². The molecule has 12 heavy (non-hydrogen) atoms. The molecule has 1 aromatic carbocycles. The summed E-state index contributed by atoms with van der Waals surface area (Å²) in [5, 5.41) is 3.06. The average Bonchev–Trinajstić information content (AvgIpc) is 2.16. The number of nitrogens with one attached hydrogen (secondary N) is 1. The van der Waals surface area contributed by atoms with E-state index in [-0.39, 0.29) is 0 Å². The topological polar surface area (TPSA) is 24.4 Å². The number of hydrogen-bond donors (Lipinski definition) is 1. The second kappa shape index (κ2) is 4.16. The lowest BCUT2D eigenvalue weighted by Crippen LogP contribution is -1.86. The molecule has 1 N–H and O–H groups in total. The normalized spacial score (nSPS) is 9.50. The van der Waals surface area contributed by atoms with Crippen LogP contribution in [0.25, 0.3) is 0 Å². The van der Waals surface area contributed by atoms with Gasteiger partial charge in [-0.1, -0.05) is 0 Å². The predicted octanol–water partition coefficient (Wildman–Crippen LogP) is 2.78. The lowest BCUT2D eigenvalue weighted by molar-refractivity contribution is 1.37. The van der Waals surface area contributed by atoms with Crippen molar-refractivity contribution in [1.29, 1.82) is 0 Å². The minimum absolute atomic E-state index is 0.939. The highest BCUT2D eigenvalue weighted by Gasteiger charge is 1.99. The minimum atomic E-state index is 0.939. The molecule has 0 saturated heterocycles. The molecule has 0 aliphatic heterocycles. The maximum atomic E-state index is 3.94. The summed E-state index contributed by atoms with van der Waals surface area (Å²) in [7, 11) is 1.89. The molecule has 0 heterocycles. The molecule has 0 saturated carbocycles. The zero-order valence-electron chi connectivity index (χ0n) is 7.29. The Morgan fingerprint density at radius 1 is 1.50 bits per heavy atom. The zero-order valence-corrected chi connectivity index (χ0v) is 8.11. The van der Waals surface area contributed by atoms with E-state index in [1.54, 1.807) is 11.8 Å². The molecule has 2 nitrogen and oxygen atoms in total. The number of rotatable bonds is 3. The van der Waals surface area contributed by atoms with Gasteiger partial charge in [0.2, 0.25) is 0 Å². The van der Waals surface area contributed by atoms with Crippen LogP contribution in [-0.2, 0) is 0 Å². The van der Waals surface area contributed by atoms with Gasteiger partial charge in [-0.25, -0.2) is 0 Å². The summed E-state index contributed by atoms with van der Waals surface area (Å²) in [6.07, 6.45) is 2.03. The van der Waals surface area contributed by atoms with Crippen LogP contribution in [-0.4, -0.2) is 20.0 Å². The molecule has 0 aromatic heterocycles. The highest BCUT2D eigenvalue weighted by atomic mass is 32.2. The Kier molecular flexibility index (Phi) is 3.17. The average molecular weight is 180 g/mol. The van der Waals surface area contributed by atoms with E-state index in [1.165, 1.54) is 0 Å². The zero-order chi connectivity index (χ0) is 8.97. The van der Waals surface area contributed by atoms with E-state index < -0.39 is 0 Å². The van der Waals surface area contributed by atoms with Gasteiger partial charge in [-0.2, -0.15) is 0 Å². The molecule has 0 radical (unpaired) electrons. The van der Waals surface area contributed by atoms with Crippen LogP contribution in [0.15, 0.2) is 28.1 Å². The third-order valence-electron chi connectivity index (χ3n) is 1.64. The fourth-order valence-electron chi connectivity index (χ4n) is 0.969. The molecule has 0 unspecified atom stereocenters. The molecule has 0 amide bonds. The van der Waals surface area contributed by atoms with Gasteiger partial charge in [0.1, 0.15) is 0 Å². The van der Waals surface area contributed by atoms with E-state index in [4.69, 9.17) is 0 Å². The molecule has 0 aliphatic rings. The smallest absolute Gasteiger partial charge is 0.0778 e. The Balaban J connectivity index is 3.10. The predicted molar refractivity (Wildman–Crippen MR) is 57.0 cm³/mol. The van der Waals surface area contributed by atoms with Crippen molar-refractivity contribution in [2.45, 2.75) is 4.90 Å². The van der Waals surface area contributed by atoms with E-state index >= 15 is 0 Å². The highest BCUT2D eigenvalue weighted by molar-refractivity contribution is 7.98. The molecular formula is C9H12N2S. The number of anilines is 1. The first-order valence-electron chi connectivity index (χ1n) is 3.64. The van der Waals surface area contributed by atoms with Crippen LogP contribution in [0.2, 0.25) is 0 Å². The van der Waals surface area contributed by atoms with Gasteiger partial charge < -0.3 is 5.32 Å². The van der Waals surface area contributed by atoms with Crippen LogP contribution >= 0.6 is 11.8 Å². The van der Waals surface area contributed by atoms with Crippen molar-refractivity contribution >= 4 is 29.9 Å². The second-order valence-corrected chi connectivity index (χ2v) is 3.14. The van der Waals surface area contributed by atoms with Crippen molar-refractivity contribution in [3.63, 3.8) is 0 Å². The summed E-state index contributed by atoms with van der Waals surface area (Å²) in [5.74, 6) is 0. The SMILES string of the molecule is C=Nc1cc(NC)ccc1SC. The number of aliphatic imine (C=N–C) groups is 1. The first-order valence-corrected chi connectivity index (χ1v) is 4.86. The van der Waals surface area contributed by atoms with Gasteiger partial charge in [0.05, 0.1) is 5.69 Å². The van der Waals surface area contributed by atoms with Crippen LogP contribution in [0.3, 0.4) is 0 Å². The standard InChI is InChI=1S/C9H12N2S/c1-10-7-4-5-9(12-3)8(6-7)11-2/h4-6,10H,2H2,1,3H3. The number of benzene rings is 1. The van der Waals surface area contributed by atoms with Gasteiger partial charge in [-0.05, 0) is 31.2 Å². The highest BCUT2D eigenvalue weighted by Crippen LogP contribution is 2.29. The molecule has 1 rings (SSSR count). The van der Waals surface area contributed by atoms with Crippen molar-refractivity contribution in [2.75, 3.05) is 18.6 Å². The van der Waals surface area contributed by atoms with Gasteiger partial charge in [0.25, 0.3) is 0 Å². The Morgan fingerprint density at radius 2 is 2.25 bits per heavy atom. The number of nitrogens with zero attached hydrogens (tertiary/aromatic N) is 1. The van der Waals surface area contributed by atoms with E-state index in [0.717, 1.165) is 16.3 Å². The molecule has 3 heteroatoms. The summed E-state index contributed by atoms with van der Waals surface area (Å²) in [5.41, 5.74) is 2.00. The summed E-state index contributed by atoms with van der Waals surface area (Å²) >= 11 is 1.68. The van der Waals surface area contributed by atoms with E-state index in [0.29, 0.717) is 0 Å². The number of hydrogen-bond acceptors (Lipinski definition) is 3. The lowest BCUT2D eigenvalue weighted by atomic mass is 10.3. The molecule has 1 aromatic rings. The maximum absolute atomic E-state index is 3.94. The van der Waals surface area contributed by atoms with Crippen molar-refractivity contribution in [3.05, 3.63) is 18.2 Å². The van der Waals surface area contributed by atoms with Gasteiger partial charge >= 0.3 is 0 Å². The molecule has 0 atom stereocenters. The first-order chi connectivity index (χ1) is 5.81. The van der Waals surface area contributed by atoms with Gasteiger partial charge in [-0.15, -0.1) is 11.8 Å². The minimum Gasteiger partial charge on any atom is -0.388 e. The summed E-state index contributed by atoms with van der Waals surface area (Å²) in [6, 6.07) is 6.06. The fourth-order valence-corrected chi connectivity index (χ4v) is 1.51. The molecule has 0 aliphatic carbocycles. The summed E-state index contributed by atoms with van der Waals surface area (Å²) in [6.45, 7) is 3.52. The van der Waals surface area contributed by atoms with E-state index in [2.05, 4.69) is 17.0 Å². The first kappa shape index (κ1) is 9.13. The molecule has 64 valence electrons. The van der Waals surface area contributed by atoms with Crippen LogP contribution in [0.1, 0.15) is 0 Å². The van der Waals surface area contributed by atoms with Gasteiger partial charge in [0, 0.05) is 17.6 Å². The van der Waals surface area contributed by atoms with Gasteiger partial charge in [-0.3, -0.25) is 4.99 Å². The molecular weight excluding hydrogens is 168 g/mol. The van der Waals surface area contributed by atoms with E-state index in [9.17, 15) is 0 Å². The van der Waals surface area contributed by atoms with Crippen molar-refractivity contribution in [2.24, 2.45) is 4.99 Å². The Bertz CT molecular complexity index is 284. The van der Waals surface area contributed by atoms with E-state index in [1.807, 2.05) is 31.5 Å². The van der Waals surface area contributed by atoms with Crippen LogP contribution in [0.5, 0.6) is 0 Å². The van der Waals surface area contributed by atoms with Crippen molar-refractivity contribution < 1.29 is 0 Å². The molecule has 0 fully saturated rings. The second-order valence-electron chi connectivity index (χ2n) is 2.29. The number of thioether (sulfide) groups is 1. The Hall–Kier alpha value is -0.960. The third-order valence-corrected chi connectivity index (χ3v) is 2.42. The monoisotopic (exact) mass is 180 g/mol. The summed E-state index contributed by atoms with van der Waals surface area (Å²) in [4.78, 5) is 5.10. The third kappa shape index (κ3) is 1.80. The Morgan fingerprint density at radius 3 is 2.75 bits per heavy atom. The summed E-state index contributed by atoms with van der Waals surface area (Å²) < 4.78 is 0. The largest absolute Gasteiger partial charge is 0.388 e. The molecule has 0 bridgehead atoms. The van der Waals surface area contributed by atoms with Crippen molar-refractivity contribution in [1.82, 2.24) is 0 Å². The van der Waals surface area contributed by atoms with Crippen LogP contribution in [0, 0.1) is 0 Å². The molecule has 0 spiro atoms. The fraction of sp³-hybridized carbons (Fsp3) is 0.222. The maximum Gasteiger partial charge on any atom is 0.0778 e. The Labute approximate surface area is 77.1 Å². The van der Waals surface area contributed by atoms with Crippen LogP contribution < -0.4 is 5.32 Å². The quantitative estimate of drug-likeness (QED) is 0.571. The van der Waals surface area contributed by atoms with Crippen LogP contribution in [0.4, 0.5) is 11.4 Å².